The second kappa shape index (κ2) is 7.33. The molecule has 0 fully saturated rings. The van der Waals surface area contributed by atoms with Crippen molar-refractivity contribution < 1.29 is 15.0 Å². The topological polar surface area (TPSA) is 81.6 Å². The van der Waals surface area contributed by atoms with Crippen molar-refractivity contribution in [3.8, 4) is 0 Å². The lowest BCUT2D eigenvalue weighted by Gasteiger charge is -2.13. The second-order valence-electron chi connectivity index (χ2n) is 4.54. The van der Waals surface area contributed by atoms with Crippen molar-refractivity contribution in [3.05, 3.63) is 28.8 Å². The van der Waals surface area contributed by atoms with Gasteiger partial charge >= 0.3 is 0 Å². The third kappa shape index (κ3) is 5.06. The van der Waals surface area contributed by atoms with Gasteiger partial charge in [0, 0.05) is 18.2 Å². The monoisotopic (exact) mass is 286 g/mol. The molecule has 0 heterocycles. The molecule has 1 unspecified atom stereocenters. The molecule has 0 aliphatic heterocycles. The molecule has 4 N–H and O–H groups in total. The first-order chi connectivity index (χ1) is 8.93. The van der Waals surface area contributed by atoms with E-state index >= 15 is 0 Å². The van der Waals surface area contributed by atoms with Gasteiger partial charge in [0.2, 0.25) is 0 Å². The largest absolute Gasteiger partial charge is 0.394 e. The smallest absolute Gasteiger partial charge is 0.251 e. The van der Waals surface area contributed by atoms with E-state index in [2.05, 4.69) is 10.6 Å². The zero-order valence-corrected chi connectivity index (χ0v) is 11.7. The first kappa shape index (κ1) is 15.8. The average molecular weight is 287 g/mol. The maximum Gasteiger partial charge on any atom is 0.251 e. The molecule has 1 atom stereocenters. The molecule has 1 aromatic carbocycles. The predicted molar refractivity (Wildman–Crippen MR) is 75.6 cm³/mol. The van der Waals surface area contributed by atoms with Gasteiger partial charge in [0.15, 0.2) is 0 Å². The number of rotatable bonds is 6. The number of benzene rings is 1. The third-order valence-corrected chi connectivity index (χ3v) is 2.72. The number of amides is 1. The number of aliphatic hydroxyl groups is 2. The van der Waals surface area contributed by atoms with Crippen LogP contribution in [0.5, 0.6) is 0 Å². The molecule has 0 bridgehead atoms. The van der Waals surface area contributed by atoms with Gasteiger partial charge < -0.3 is 20.8 Å². The molecule has 5 nitrogen and oxygen atoms in total. The summed E-state index contributed by atoms with van der Waals surface area (Å²) in [6.45, 7) is 3.58. The molecule has 6 heteroatoms. The second-order valence-corrected chi connectivity index (χ2v) is 4.95. The summed E-state index contributed by atoms with van der Waals surface area (Å²) in [7, 11) is 0. The van der Waals surface area contributed by atoms with Gasteiger partial charge in [-0.3, -0.25) is 4.79 Å². The molecule has 0 aromatic heterocycles. The third-order valence-electron chi connectivity index (χ3n) is 2.39. The fourth-order valence-electron chi connectivity index (χ4n) is 1.44. The van der Waals surface area contributed by atoms with Gasteiger partial charge in [0.25, 0.3) is 5.91 Å². The zero-order chi connectivity index (χ0) is 14.4. The van der Waals surface area contributed by atoms with Crippen LogP contribution in [0.2, 0.25) is 5.02 Å². The Bertz CT molecular complexity index is 438. The van der Waals surface area contributed by atoms with Gasteiger partial charge in [-0.05, 0) is 32.0 Å². The van der Waals surface area contributed by atoms with E-state index in [1.807, 2.05) is 13.8 Å². The van der Waals surface area contributed by atoms with Crippen molar-refractivity contribution in [2.24, 2.45) is 0 Å². The number of carbonyl (C=O) groups is 1. The predicted octanol–water partition coefficient (Wildman–Crippen LogP) is 1.24. The minimum Gasteiger partial charge on any atom is -0.394 e. The van der Waals surface area contributed by atoms with E-state index < -0.39 is 6.10 Å². The molecule has 1 aromatic rings. The van der Waals surface area contributed by atoms with Crippen LogP contribution in [0.4, 0.5) is 5.69 Å². The number of halogens is 1. The van der Waals surface area contributed by atoms with Crippen molar-refractivity contribution in [2.75, 3.05) is 18.5 Å². The Kier molecular flexibility index (Phi) is 6.08. The van der Waals surface area contributed by atoms with Crippen molar-refractivity contribution in [2.45, 2.75) is 26.0 Å². The first-order valence-corrected chi connectivity index (χ1v) is 6.45. The molecule has 0 saturated carbocycles. The van der Waals surface area contributed by atoms with E-state index in [-0.39, 0.29) is 25.1 Å². The minimum absolute atomic E-state index is 0.0517. The number of aliphatic hydroxyl groups excluding tert-OH is 2. The summed E-state index contributed by atoms with van der Waals surface area (Å²) in [4.78, 5) is 11.8. The van der Waals surface area contributed by atoms with Crippen LogP contribution in [0, 0.1) is 0 Å². The summed E-state index contributed by atoms with van der Waals surface area (Å²) in [6.07, 6.45) is -0.871. The number of carbonyl (C=O) groups excluding carboxylic acids is 1. The Hall–Kier alpha value is -1.30. The van der Waals surface area contributed by atoms with E-state index in [4.69, 9.17) is 16.7 Å². The maximum atomic E-state index is 11.8. The van der Waals surface area contributed by atoms with Crippen molar-refractivity contribution in [1.29, 1.82) is 0 Å². The van der Waals surface area contributed by atoms with Crippen LogP contribution >= 0.6 is 11.6 Å². The molecule has 1 amide bonds. The standard InChI is InChI=1S/C13H19ClN2O3/c1-8(2)16-13(19)9-3-4-11(14)12(5-9)15-6-10(18)7-17/h3-5,8,10,15,17-18H,6-7H2,1-2H3,(H,16,19). The summed E-state index contributed by atoms with van der Waals surface area (Å²) in [6, 6.07) is 4.92. The van der Waals surface area contributed by atoms with Gasteiger partial charge in [-0.15, -0.1) is 0 Å². The van der Waals surface area contributed by atoms with Crippen LogP contribution in [-0.4, -0.2) is 41.4 Å². The first-order valence-electron chi connectivity index (χ1n) is 6.07. The summed E-state index contributed by atoms with van der Waals surface area (Å²) in [5.74, 6) is -0.183. The SMILES string of the molecule is CC(C)NC(=O)c1ccc(Cl)c(NCC(O)CO)c1. The van der Waals surface area contributed by atoms with Crippen LogP contribution in [-0.2, 0) is 0 Å². The molecule has 0 aliphatic rings. The van der Waals surface area contributed by atoms with Gasteiger partial charge in [0.1, 0.15) is 0 Å². The highest BCUT2D eigenvalue weighted by Gasteiger charge is 2.10. The van der Waals surface area contributed by atoms with Crippen molar-refractivity contribution in [1.82, 2.24) is 5.32 Å². The van der Waals surface area contributed by atoms with E-state index in [0.29, 0.717) is 16.3 Å². The van der Waals surface area contributed by atoms with Gasteiger partial charge in [-0.25, -0.2) is 0 Å². The highest BCUT2D eigenvalue weighted by molar-refractivity contribution is 6.33. The fraction of sp³-hybridized carbons (Fsp3) is 0.462. The highest BCUT2D eigenvalue weighted by atomic mass is 35.5. The summed E-state index contributed by atoms with van der Waals surface area (Å²) >= 11 is 5.99. The van der Waals surface area contributed by atoms with Crippen LogP contribution in [0.25, 0.3) is 0 Å². The average Bonchev–Trinajstić information content (AvgIpc) is 2.36. The van der Waals surface area contributed by atoms with Crippen molar-refractivity contribution in [3.63, 3.8) is 0 Å². The zero-order valence-electron chi connectivity index (χ0n) is 11.0. The minimum atomic E-state index is -0.871. The Labute approximate surface area is 117 Å². The van der Waals surface area contributed by atoms with E-state index in [1.165, 1.54) is 0 Å². The lowest BCUT2D eigenvalue weighted by molar-refractivity contribution is 0.0943. The molecular weight excluding hydrogens is 268 g/mol. The van der Waals surface area contributed by atoms with Gasteiger partial charge in [0.05, 0.1) is 23.4 Å². The molecule has 0 radical (unpaired) electrons. The Balaban J connectivity index is 2.79. The molecular formula is C13H19ClN2O3. The number of nitrogens with one attached hydrogen (secondary N) is 2. The van der Waals surface area contributed by atoms with E-state index in [1.54, 1.807) is 18.2 Å². The molecule has 0 aliphatic carbocycles. The van der Waals surface area contributed by atoms with Crippen LogP contribution in [0.3, 0.4) is 0 Å². The lowest BCUT2D eigenvalue weighted by Crippen LogP contribution is -2.30. The molecule has 106 valence electrons. The molecule has 1 rings (SSSR count). The maximum absolute atomic E-state index is 11.8. The number of hydrogen-bond donors (Lipinski definition) is 4. The number of hydrogen-bond acceptors (Lipinski definition) is 4. The summed E-state index contributed by atoms with van der Waals surface area (Å²) < 4.78 is 0. The Morgan fingerprint density at radius 2 is 2.11 bits per heavy atom. The van der Waals surface area contributed by atoms with Crippen LogP contribution in [0.15, 0.2) is 18.2 Å². The van der Waals surface area contributed by atoms with Crippen LogP contribution < -0.4 is 10.6 Å². The number of anilines is 1. The fourth-order valence-corrected chi connectivity index (χ4v) is 1.62. The molecule has 0 saturated heterocycles. The molecule has 0 spiro atoms. The molecule has 19 heavy (non-hydrogen) atoms. The van der Waals surface area contributed by atoms with E-state index in [9.17, 15) is 9.90 Å². The highest BCUT2D eigenvalue weighted by Crippen LogP contribution is 2.23. The summed E-state index contributed by atoms with van der Waals surface area (Å²) in [5, 5.41) is 24.1. The van der Waals surface area contributed by atoms with Gasteiger partial charge in [-0.2, -0.15) is 0 Å². The van der Waals surface area contributed by atoms with E-state index in [0.717, 1.165) is 0 Å². The van der Waals surface area contributed by atoms with Crippen molar-refractivity contribution >= 4 is 23.2 Å². The van der Waals surface area contributed by atoms with Gasteiger partial charge in [-0.1, -0.05) is 11.6 Å². The Morgan fingerprint density at radius 3 is 2.68 bits per heavy atom. The quantitative estimate of drug-likeness (QED) is 0.634. The van der Waals surface area contributed by atoms with Crippen LogP contribution in [0.1, 0.15) is 24.2 Å². The Morgan fingerprint density at radius 1 is 1.42 bits per heavy atom. The lowest BCUT2D eigenvalue weighted by atomic mass is 10.1. The summed E-state index contributed by atoms with van der Waals surface area (Å²) in [5.41, 5.74) is 1.03. The normalized spacial score (nSPS) is 12.3.